The van der Waals surface area contributed by atoms with Crippen LogP contribution >= 0.6 is 0 Å². The summed E-state index contributed by atoms with van der Waals surface area (Å²) in [4.78, 5) is 21.3. The number of carbonyl (C=O) groups is 2. The summed E-state index contributed by atoms with van der Waals surface area (Å²) in [7, 11) is 0. The SMILES string of the molecule is CC(C)NCCC(=O)NCC(O)C(=O)O. The lowest BCUT2D eigenvalue weighted by molar-refractivity contribution is -0.146. The van der Waals surface area contributed by atoms with E-state index in [0.717, 1.165) is 0 Å². The first kappa shape index (κ1) is 13.9. The third-order valence-corrected chi connectivity index (χ3v) is 1.68. The van der Waals surface area contributed by atoms with E-state index in [9.17, 15) is 9.59 Å². The second-order valence-corrected chi connectivity index (χ2v) is 3.52. The molecular weight excluding hydrogens is 200 g/mol. The van der Waals surface area contributed by atoms with Gasteiger partial charge in [0.25, 0.3) is 0 Å². The second-order valence-electron chi connectivity index (χ2n) is 3.52. The maximum atomic E-state index is 11.1. The molecule has 0 aromatic carbocycles. The largest absolute Gasteiger partial charge is 0.479 e. The lowest BCUT2D eigenvalue weighted by Gasteiger charge is -2.09. The summed E-state index contributed by atoms with van der Waals surface area (Å²) in [6.45, 7) is 4.21. The Morgan fingerprint density at radius 3 is 2.40 bits per heavy atom. The monoisotopic (exact) mass is 218 g/mol. The maximum Gasteiger partial charge on any atom is 0.334 e. The minimum atomic E-state index is -1.54. The first-order chi connectivity index (χ1) is 6.93. The molecule has 88 valence electrons. The van der Waals surface area contributed by atoms with Crippen LogP contribution in [0.25, 0.3) is 0 Å². The topological polar surface area (TPSA) is 98.7 Å². The van der Waals surface area contributed by atoms with Crippen LogP contribution in [0.3, 0.4) is 0 Å². The molecule has 4 N–H and O–H groups in total. The zero-order valence-electron chi connectivity index (χ0n) is 8.99. The molecule has 0 aromatic heterocycles. The zero-order valence-corrected chi connectivity index (χ0v) is 8.99. The van der Waals surface area contributed by atoms with Crippen LogP contribution < -0.4 is 10.6 Å². The van der Waals surface area contributed by atoms with Crippen LogP contribution in [0, 0.1) is 0 Å². The minimum absolute atomic E-state index is 0.254. The number of hydrogen-bond acceptors (Lipinski definition) is 4. The summed E-state index contributed by atoms with van der Waals surface area (Å²) < 4.78 is 0. The summed E-state index contributed by atoms with van der Waals surface area (Å²) in [6.07, 6.45) is -1.27. The Labute approximate surface area is 88.7 Å². The van der Waals surface area contributed by atoms with Crippen molar-refractivity contribution in [3.63, 3.8) is 0 Å². The molecule has 1 amide bonds. The molecule has 0 spiro atoms. The van der Waals surface area contributed by atoms with E-state index in [2.05, 4.69) is 10.6 Å². The molecule has 0 bridgehead atoms. The van der Waals surface area contributed by atoms with E-state index in [4.69, 9.17) is 10.2 Å². The highest BCUT2D eigenvalue weighted by Crippen LogP contribution is 1.84. The van der Waals surface area contributed by atoms with Crippen molar-refractivity contribution in [3.05, 3.63) is 0 Å². The maximum absolute atomic E-state index is 11.1. The number of carbonyl (C=O) groups excluding carboxylic acids is 1. The van der Waals surface area contributed by atoms with Crippen LogP contribution in [0.15, 0.2) is 0 Å². The quantitative estimate of drug-likeness (QED) is 0.436. The predicted octanol–water partition coefficient (Wildman–Crippen LogP) is -1.06. The lowest BCUT2D eigenvalue weighted by Crippen LogP contribution is -2.38. The van der Waals surface area contributed by atoms with E-state index in [0.29, 0.717) is 12.6 Å². The Hall–Kier alpha value is -1.14. The zero-order chi connectivity index (χ0) is 11.8. The Bertz CT molecular complexity index is 218. The van der Waals surface area contributed by atoms with Crippen LogP contribution in [0.2, 0.25) is 0 Å². The molecular formula is C9H18N2O4. The van der Waals surface area contributed by atoms with Crippen molar-refractivity contribution in [1.29, 1.82) is 0 Å². The van der Waals surface area contributed by atoms with Crippen LogP contribution in [-0.4, -0.2) is 47.3 Å². The number of aliphatic carboxylic acids is 1. The van der Waals surface area contributed by atoms with Crippen molar-refractivity contribution >= 4 is 11.9 Å². The number of hydrogen-bond donors (Lipinski definition) is 4. The van der Waals surface area contributed by atoms with Crippen LogP contribution in [0.4, 0.5) is 0 Å². The molecule has 0 heterocycles. The average molecular weight is 218 g/mol. The number of nitrogens with one attached hydrogen (secondary N) is 2. The van der Waals surface area contributed by atoms with Gasteiger partial charge in [0.1, 0.15) is 0 Å². The summed E-state index contributed by atoms with van der Waals surface area (Å²) in [5.74, 6) is -1.61. The van der Waals surface area contributed by atoms with Crippen molar-refractivity contribution in [2.24, 2.45) is 0 Å². The second kappa shape index (κ2) is 7.19. The number of carboxylic acids is 1. The van der Waals surface area contributed by atoms with Crippen LogP contribution in [0.1, 0.15) is 20.3 Å². The highest BCUT2D eigenvalue weighted by Gasteiger charge is 2.13. The molecule has 0 saturated carbocycles. The molecule has 1 atom stereocenters. The van der Waals surface area contributed by atoms with Gasteiger partial charge in [-0.2, -0.15) is 0 Å². The predicted molar refractivity (Wildman–Crippen MR) is 54.4 cm³/mol. The molecule has 0 radical (unpaired) electrons. The Morgan fingerprint density at radius 1 is 1.33 bits per heavy atom. The summed E-state index contributed by atoms with van der Waals surface area (Å²) in [5.41, 5.74) is 0. The van der Waals surface area contributed by atoms with Crippen molar-refractivity contribution < 1.29 is 19.8 Å². The van der Waals surface area contributed by atoms with Gasteiger partial charge < -0.3 is 20.8 Å². The number of amides is 1. The number of aliphatic hydroxyl groups is 1. The van der Waals surface area contributed by atoms with Crippen molar-refractivity contribution in [2.75, 3.05) is 13.1 Å². The van der Waals surface area contributed by atoms with Crippen molar-refractivity contribution in [3.8, 4) is 0 Å². The third kappa shape index (κ3) is 7.90. The van der Waals surface area contributed by atoms with Gasteiger partial charge in [0.2, 0.25) is 5.91 Å². The van der Waals surface area contributed by atoms with E-state index in [1.807, 2.05) is 13.8 Å². The molecule has 6 heteroatoms. The van der Waals surface area contributed by atoms with Gasteiger partial charge in [-0.3, -0.25) is 4.79 Å². The molecule has 0 aliphatic carbocycles. The van der Waals surface area contributed by atoms with Crippen LogP contribution in [-0.2, 0) is 9.59 Å². The molecule has 0 rings (SSSR count). The van der Waals surface area contributed by atoms with Gasteiger partial charge in [-0.25, -0.2) is 4.79 Å². The van der Waals surface area contributed by atoms with Crippen molar-refractivity contribution in [2.45, 2.75) is 32.4 Å². The van der Waals surface area contributed by atoms with Crippen molar-refractivity contribution in [1.82, 2.24) is 10.6 Å². The summed E-state index contributed by atoms with van der Waals surface area (Å²) >= 11 is 0. The van der Waals surface area contributed by atoms with Crippen LogP contribution in [0.5, 0.6) is 0 Å². The normalized spacial score (nSPS) is 12.5. The number of rotatable bonds is 7. The van der Waals surface area contributed by atoms with Gasteiger partial charge in [0, 0.05) is 19.0 Å². The fourth-order valence-corrected chi connectivity index (χ4v) is 0.861. The van der Waals surface area contributed by atoms with Gasteiger partial charge in [-0.1, -0.05) is 13.8 Å². The molecule has 0 saturated heterocycles. The van der Waals surface area contributed by atoms with E-state index in [1.165, 1.54) is 0 Å². The number of aliphatic hydroxyl groups excluding tert-OH is 1. The first-order valence-electron chi connectivity index (χ1n) is 4.84. The fraction of sp³-hybridized carbons (Fsp3) is 0.778. The van der Waals surface area contributed by atoms with Gasteiger partial charge in [0.15, 0.2) is 6.10 Å². The Morgan fingerprint density at radius 2 is 1.93 bits per heavy atom. The van der Waals surface area contributed by atoms with Gasteiger partial charge in [-0.15, -0.1) is 0 Å². The summed E-state index contributed by atoms with van der Waals surface area (Å²) in [5, 5.41) is 22.6. The van der Waals surface area contributed by atoms with Gasteiger partial charge in [-0.05, 0) is 0 Å². The highest BCUT2D eigenvalue weighted by molar-refractivity contribution is 5.78. The lowest BCUT2D eigenvalue weighted by atomic mass is 10.3. The molecule has 15 heavy (non-hydrogen) atoms. The Balaban J connectivity index is 3.53. The van der Waals surface area contributed by atoms with E-state index >= 15 is 0 Å². The molecule has 0 aromatic rings. The average Bonchev–Trinajstić information content (AvgIpc) is 2.13. The molecule has 1 unspecified atom stereocenters. The highest BCUT2D eigenvalue weighted by atomic mass is 16.4. The fourth-order valence-electron chi connectivity index (χ4n) is 0.861. The summed E-state index contributed by atoms with van der Waals surface area (Å²) in [6, 6.07) is 0.308. The first-order valence-corrected chi connectivity index (χ1v) is 4.84. The Kier molecular flexibility index (Phi) is 6.64. The molecule has 0 fully saturated rings. The molecule has 0 aliphatic rings. The van der Waals surface area contributed by atoms with Gasteiger partial charge >= 0.3 is 5.97 Å². The van der Waals surface area contributed by atoms with E-state index in [-0.39, 0.29) is 18.9 Å². The number of carboxylic acid groups (broad SMARTS) is 1. The van der Waals surface area contributed by atoms with E-state index in [1.54, 1.807) is 0 Å². The van der Waals surface area contributed by atoms with Gasteiger partial charge in [0.05, 0.1) is 6.54 Å². The standard InChI is InChI=1S/C9H18N2O4/c1-6(2)10-4-3-8(13)11-5-7(12)9(14)15/h6-7,10,12H,3-5H2,1-2H3,(H,11,13)(H,14,15). The minimum Gasteiger partial charge on any atom is -0.479 e. The smallest absolute Gasteiger partial charge is 0.334 e. The molecule has 0 aliphatic heterocycles. The molecule has 6 nitrogen and oxygen atoms in total. The third-order valence-electron chi connectivity index (χ3n) is 1.68. The van der Waals surface area contributed by atoms with E-state index < -0.39 is 12.1 Å².